The van der Waals surface area contributed by atoms with Crippen LogP contribution in [0.3, 0.4) is 0 Å². The predicted molar refractivity (Wildman–Crippen MR) is 114 cm³/mol. The molecule has 1 saturated heterocycles. The summed E-state index contributed by atoms with van der Waals surface area (Å²) in [6.45, 7) is 5.78. The predicted octanol–water partition coefficient (Wildman–Crippen LogP) is 4.33. The molecule has 2 heterocycles. The van der Waals surface area contributed by atoms with Crippen molar-refractivity contribution in [3.05, 3.63) is 70.2 Å². The van der Waals surface area contributed by atoms with Crippen LogP contribution in [0, 0.1) is 26.6 Å². The first kappa shape index (κ1) is 20.6. The second kappa shape index (κ2) is 7.54. The Hall–Kier alpha value is -2.67. The zero-order chi connectivity index (χ0) is 21.6. The number of nitrogens with zero attached hydrogens (tertiary/aromatic N) is 1. The Morgan fingerprint density at radius 2 is 1.87 bits per heavy atom. The van der Waals surface area contributed by atoms with Gasteiger partial charge in [0.1, 0.15) is 11.4 Å². The molecule has 0 spiro atoms. The molecule has 0 unspecified atom stereocenters. The SMILES string of the molecule is Cc1cc2oc(C(=O)N(Cc3ccccc3F)[C@H]3CCS(=O)(=O)C3)c(C)c2cc1C. The maximum Gasteiger partial charge on any atom is 0.290 e. The lowest BCUT2D eigenvalue weighted by molar-refractivity contribution is 0.0647. The Morgan fingerprint density at radius 3 is 2.53 bits per heavy atom. The maximum absolute atomic E-state index is 14.3. The van der Waals surface area contributed by atoms with E-state index in [1.807, 2.05) is 32.9 Å². The third-order valence-corrected chi connectivity index (χ3v) is 7.71. The van der Waals surface area contributed by atoms with E-state index >= 15 is 0 Å². The van der Waals surface area contributed by atoms with Gasteiger partial charge in [-0.3, -0.25) is 4.79 Å². The third kappa shape index (κ3) is 3.74. The molecule has 0 saturated carbocycles. The van der Waals surface area contributed by atoms with E-state index in [0.717, 1.165) is 16.5 Å². The third-order valence-electron chi connectivity index (χ3n) is 5.96. The Kier molecular flexibility index (Phi) is 5.18. The number of halogens is 1. The normalized spacial score (nSPS) is 18.1. The first-order valence-electron chi connectivity index (χ1n) is 9.91. The van der Waals surface area contributed by atoms with Gasteiger partial charge in [-0.05, 0) is 56.5 Å². The van der Waals surface area contributed by atoms with Gasteiger partial charge in [0.2, 0.25) is 0 Å². The van der Waals surface area contributed by atoms with Crippen molar-refractivity contribution in [2.24, 2.45) is 0 Å². The molecule has 30 heavy (non-hydrogen) atoms. The monoisotopic (exact) mass is 429 g/mol. The van der Waals surface area contributed by atoms with E-state index in [2.05, 4.69) is 0 Å². The number of rotatable bonds is 4. The largest absolute Gasteiger partial charge is 0.451 e. The number of sulfone groups is 1. The van der Waals surface area contributed by atoms with Crippen LogP contribution >= 0.6 is 0 Å². The molecule has 3 aromatic rings. The van der Waals surface area contributed by atoms with Crippen LogP contribution < -0.4 is 0 Å². The van der Waals surface area contributed by atoms with Crippen LogP contribution in [0.2, 0.25) is 0 Å². The topological polar surface area (TPSA) is 67.6 Å². The first-order chi connectivity index (χ1) is 14.2. The highest BCUT2D eigenvalue weighted by molar-refractivity contribution is 7.91. The molecule has 4 rings (SSSR count). The Bertz CT molecular complexity index is 1250. The second-order valence-corrected chi connectivity index (χ2v) is 10.3. The van der Waals surface area contributed by atoms with Gasteiger partial charge in [-0.2, -0.15) is 0 Å². The molecule has 0 aliphatic carbocycles. The highest BCUT2D eigenvalue weighted by Crippen LogP contribution is 2.31. The van der Waals surface area contributed by atoms with Gasteiger partial charge in [-0.15, -0.1) is 0 Å². The molecule has 5 nitrogen and oxygen atoms in total. The van der Waals surface area contributed by atoms with E-state index < -0.39 is 27.6 Å². The average Bonchev–Trinajstić information content (AvgIpc) is 3.20. The molecule has 158 valence electrons. The fraction of sp³-hybridized carbons (Fsp3) is 0.348. The number of hydrogen-bond acceptors (Lipinski definition) is 4. The number of carbonyl (C=O) groups excluding carboxylic acids is 1. The fourth-order valence-corrected chi connectivity index (χ4v) is 5.74. The Balaban J connectivity index is 1.77. The van der Waals surface area contributed by atoms with Gasteiger partial charge >= 0.3 is 0 Å². The van der Waals surface area contributed by atoms with E-state index in [1.54, 1.807) is 18.2 Å². The summed E-state index contributed by atoms with van der Waals surface area (Å²) >= 11 is 0. The van der Waals surface area contributed by atoms with Crippen molar-refractivity contribution < 1.29 is 22.0 Å². The minimum atomic E-state index is -3.22. The number of hydrogen-bond donors (Lipinski definition) is 0. The number of carbonyl (C=O) groups is 1. The Morgan fingerprint density at radius 1 is 1.17 bits per heavy atom. The summed E-state index contributed by atoms with van der Waals surface area (Å²) in [5.74, 6) is -0.760. The van der Waals surface area contributed by atoms with Crippen molar-refractivity contribution in [1.29, 1.82) is 0 Å². The quantitative estimate of drug-likeness (QED) is 0.619. The molecule has 7 heteroatoms. The molecule has 0 radical (unpaired) electrons. The minimum absolute atomic E-state index is 0.0137. The van der Waals surface area contributed by atoms with Gasteiger partial charge in [0.05, 0.1) is 11.5 Å². The summed E-state index contributed by atoms with van der Waals surface area (Å²) in [6, 6.07) is 9.59. The van der Waals surface area contributed by atoms with Gasteiger partial charge in [-0.1, -0.05) is 18.2 Å². The molecule has 1 fully saturated rings. The van der Waals surface area contributed by atoms with E-state index in [0.29, 0.717) is 23.1 Å². The zero-order valence-corrected chi connectivity index (χ0v) is 18.1. The summed E-state index contributed by atoms with van der Waals surface area (Å²) in [6.07, 6.45) is 0.333. The summed E-state index contributed by atoms with van der Waals surface area (Å²) in [4.78, 5) is 15.0. The van der Waals surface area contributed by atoms with Crippen LogP contribution in [0.1, 0.15) is 39.2 Å². The molecular weight excluding hydrogens is 405 g/mol. The summed E-state index contributed by atoms with van der Waals surface area (Å²) in [7, 11) is -3.22. The lowest BCUT2D eigenvalue weighted by Gasteiger charge is -2.28. The van der Waals surface area contributed by atoms with Crippen molar-refractivity contribution in [1.82, 2.24) is 4.90 Å². The fourth-order valence-electron chi connectivity index (χ4n) is 4.01. The van der Waals surface area contributed by atoms with Crippen molar-refractivity contribution >= 4 is 26.7 Å². The lowest BCUT2D eigenvalue weighted by Crippen LogP contribution is -2.41. The highest BCUT2D eigenvalue weighted by Gasteiger charge is 2.37. The highest BCUT2D eigenvalue weighted by atomic mass is 32.2. The zero-order valence-electron chi connectivity index (χ0n) is 17.2. The summed E-state index contributed by atoms with van der Waals surface area (Å²) in [5, 5.41) is 0.853. The number of fused-ring (bicyclic) bond motifs is 1. The van der Waals surface area contributed by atoms with Crippen LogP contribution in [0.25, 0.3) is 11.0 Å². The van der Waals surface area contributed by atoms with E-state index in [-0.39, 0.29) is 23.8 Å². The number of furan rings is 1. The van der Waals surface area contributed by atoms with Gasteiger partial charge in [-0.25, -0.2) is 12.8 Å². The molecule has 1 aliphatic rings. The van der Waals surface area contributed by atoms with Crippen LogP contribution in [0.4, 0.5) is 4.39 Å². The van der Waals surface area contributed by atoms with Gasteiger partial charge in [0, 0.05) is 29.1 Å². The van der Waals surface area contributed by atoms with Crippen LogP contribution in [-0.2, 0) is 16.4 Å². The van der Waals surface area contributed by atoms with Crippen molar-refractivity contribution in [3.8, 4) is 0 Å². The molecule has 0 bridgehead atoms. The molecule has 1 aromatic heterocycles. The first-order valence-corrected chi connectivity index (χ1v) is 11.7. The molecule has 2 aromatic carbocycles. The van der Waals surface area contributed by atoms with Gasteiger partial charge in [0.15, 0.2) is 15.6 Å². The van der Waals surface area contributed by atoms with E-state index in [9.17, 15) is 17.6 Å². The number of aryl methyl sites for hydroxylation is 3. The minimum Gasteiger partial charge on any atom is -0.451 e. The summed E-state index contributed by atoms with van der Waals surface area (Å²) in [5.41, 5.74) is 3.81. The van der Waals surface area contributed by atoms with Crippen LogP contribution in [0.5, 0.6) is 0 Å². The summed E-state index contributed by atoms with van der Waals surface area (Å²) < 4.78 is 44.4. The molecule has 1 atom stereocenters. The molecule has 1 aliphatic heterocycles. The van der Waals surface area contributed by atoms with Crippen molar-refractivity contribution in [2.45, 2.75) is 39.8 Å². The maximum atomic E-state index is 14.3. The lowest BCUT2D eigenvalue weighted by atomic mass is 10.0. The van der Waals surface area contributed by atoms with Gasteiger partial charge < -0.3 is 9.32 Å². The average molecular weight is 430 g/mol. The molecular formula is C23H24FNO4S. The van der Waals surface area contributed by atoms with Gasteiger partial charge in [0.25, 0.3) is 5.91 Å². The molecule has 0 N–H and O–H groups in total. The van der Waals surface area contributed by atoms with E-state index in [1.165, 1.54) is 11.0 Å². The van der Waals surface area contributed by atoms with E-state index in [4.69, 9.17) is 4.42 Å². The molecule has 1 amide bonds. The van der Waals surface area contributed by atoms with Crippen molar-refractivity contribution in [3.63, 3.8) is 0 Å². The standard InChI is InChI=1S/C23H24FNO4S/c1-14-10-19-16(3)22(29-21(19)11-15(14)2)23(26)25(18-8-9-30(27,28)13-18)12-17-6-4-5-7-20(17)24/h4-7,10-11,18H,8-9,12-13H2,1-3H3/t18-/m0/s1. The van der Waals surface area contributed by atoms with Crippen LogP contribution in [-0.4, -0.2) is 36.8 Å². The Labute approximate surface area is 175 Å². The second-order valence-electron chi connectivity index (χ2n) is 8.07. The number of amides is 1. The number of benzene rings is 2. The van der Waals surface area contributed by atoms with Crippen LogP contribution in [0.15, 0.2) is 40.8 Å². The smallest absolute Gasteiger partial charge is 0.290 e. The van der Waals surface area contributed by atoms with Crippen molar-refractivity contribution in [2.75, 3.05) is 11.5 Å².